The first-order valence-electron chi connectivity index (χ1n) is 4.52. The van der Waals surface area contributed by atoms with Crippen LogP contribution < -0.4 is 16.2 Å². The largest absolute Gasteiger partial charge is 0.478 e. The predicted octanol–water partition coefficient (Wildman–Crippen LogP) is 0.396. The number of hydrogen-bond donors (Lipinski definition) is 3. The zero-order valence-electron chi connectivity index (χ0n) is 8.38. The Kier molecular flexibility index (Phi) is 3.65. The summed E-state index contributed by atoms with van der Waals surface area (Å²) in [4.78, 5) is 10.7. The first-order valence-corrected chi connectivity index (χ1v) is 4.52. The second kappa shape index (κ2) is 4.77. The maximum Gasteiger partial charge on any atom is 0.335 e. The highest BCUT2D eigenvalue weighted by Crippen LogP contribution is 2.14. The zero-order chi connectivity index (χ0) is 11.4. The van der Waals surface area contributed by atoms with E-state index in [2.05, 4.69) is 0 Å². The summed E-state index contributed by atoms with van der Waals surface area (Å²) in [6.07, 6.45) is -0.644. The lowest BCUT2D eigenvalue weighted by Gasteiger charge is -2.17. The van der Waals surface area contributed by atoms with E-state index in [-0.39, 0.29) is 11.6 Å². The van der Waals surface area contributed by atoms with Crippen molar-refractivity contribution in [1.29, 1.82) is 0 Å². The molecule has 1 aromatic rings. The molecular weight excluding hydrogens is 196 g/mol. The fraction of sp³-hybridized carbons (Fsp3) is 0.300. The number of carboxylic acid groups (broad SMARTS) is 1. The van der Waals surface area contributed by atoms with Crippen molar-refractivity contribution in [3.05, 3.63) is 29.8 Å². The fourth-order valence-corrected chi connectivity index (χ4v) is 0.967. The summed E-state index contributed by atoms with van der Waals surface area (Å²) >= 11 is 0. The Morgan fingerprint density at radius 3 is 2.67 bits per heavy atom. The Bertz CT molecular complexity index is 352. The smallest absolute Gasteiger partial charge is 0.335 e. The number of benzene rings is 1. The highest BCUT2D eigenvalue weighted by molar-refractivity contribution is 5.87. The van der Waals surface area contributed by atoms with Gasteiger partial charge in [0.05, 0.1) is 11.6 Å². The van der Waals surface area contributed by atoms with Crippen molar-refractivity contribution in [2.24, 2.45) is 11.5 Å². The van der Waals surface area contributed by atoms with E-state index in [0.29, 0.717) is 5.75 Å². The molecule has 2 atom stereocenters. The molecule has 1 rings (SSSR count). The van der Waals surface area contributed by atoms with Crippen molar-refractivity contribution in [1.82, 2.24) is 0 Å². The molecule has 0 amide bonds. The maximum absolute atomic E-state index is 10.7. The SMILES string of the molecule is CC(N)C(N)Oc1cccc(C(=O)O)c1. The Hall–Kier alpha value is -1.59. The van der Waals surface area contributed by atoms with Gasteiger partial charge in [0, 0.05) is 0 Å². The third-order valence-electron chi connectivity index (χ3n) is 1.87. The summed E-state index contributed by atoms with van der Waals surface area (Å²) in [7, 11) is 0. The Morgan fingerprint density at radius 2 is 2.13 bits per heavy atom. The van der Waals surface area contributed by atoms with Gasteiger partial charge >= 0.3 is 5.97 Å². The van der Waals surface area contributed by atoms with Gasteiger partial charge in [0.25, 0.3) is 0 Å². The molecule has 0 radical (unpaired) electrons. The number of nitrogens with two attached hydrogens (primary N) is 2. The van der Waals surface area contributed by atoms with E-state index in [1.165, 1.54) is 12.1 Å². The summed E-state index contributed by atoms with van der Waals surface area (Å²) in [5.41, 5.74) is 11.3. The zero-order valence-corrected chi connectivity index (χ0v) is 8.38. The molecule has 0 heterocycles. The van der Waals surface area contributed by atoms with Crippen LogP contribution in [-0.4, -0.2) is 23.3 Å². The van der Waals surface area contributed by atoms with Crippen LogP contribution in [-0.2, 0) is 0 Å². The average Bonchev–Trinajstić information content (AvgIpc) is 2.18. The summed E-state index contributed by atoms with van der Waals surface area (Å²) < 4.78 is 5.26. The van der Waals surface area contributed by atoms with E-state index in [9.17, 15) is 4.79 Å². The van der Waals surface area contributed by atoms with Gasteiger partial charge in [-0.1, -0.05) is 6.07 Å². The molecule has 2 unspecified atom stereocenters. The molecule has 0 aromatic heterocycles. The molecule has 0 aliphatic carbocycles. The first-order chi connectivity index (χ1) is 7.00. The number of hydrogen-bond acceptors (Lipinski definition) is 4. The molecule has 15 heavy (non-hydrogen) atoms. The topological polar surface area (TPSA) is 98.6 Å². The second-order valence-electron chi connectivity index (χ2n) is 3.27. The van der Waals surface area contributed by atoms with Crippen molar-refractivity contribution in [3.8, 4) is 5.75 Å². The van der Waals surface area contributed by atoms with Gasteiger partial charge in [-0.2, -0.15) is 0 Å². The minimum Gasteiger partial charge on any atom is -0.478 e. The molecule has 0 aliphatic heterocycles. The molecule has 1 aromatic carbocycles. The highest BCUT2D eigenvalue weighted by Gasteiger charge is 2.10. The van der Waals surface area contributed by atoms with Gasteiger partial charge in [-0.3, -0.25) is 5.73 Å². The maximum atomic E-state index is 10.7. The minimum atomic E-state index is -1.00. The Labute approximate surface area is 87.6 Å². The van der Waals surface area contributed by atoms with Crippen LogP contribution in [0.1, 0.15) is 17.3 Å². The van der Waals surface area contributed by atoms with E-state index >= 15 is 0 Å². The monoisotopic (exact) mass is 210 g/mol. The summed E-state index contributed by atoms with van der Waals surface area (Å²) in [5, 5.41) is 8.74. The lowest BCUT2D eigenvalue weighted by atomic mass is 10.2. The van der Waals surface area contributed by atoms with Gasteiger partial charge in [0.2, 0.25) is 0 Å². The van der Waals surface area contributed by atoms with Gasteiger partial charge in [-0.05, 0) is 25.1 Å². The summed E-state index contributed by atoms with van der Waals surface area (Å²) in [5.74, 6) is -0.602. The predicted molar refractivity (Wildman–Crippen MR) is 55.7 cm³/mol. The quantitative estimate of drug-likeness (QED) is 0.624. The molecule has 0 bridgehead atoms. The van der Waals surface area contributed by atoms with Gasteiger partial charge in [-0.25, -0.2) is 4.79 Å². The van der Waals surface area contributed by atoms with Crippen LogP contribution in [0.25, 0.3) is 0 Å². The molecule has 5 nitrogen and oxygen atoms in total. The molecule has 0 saturated heterocycles. The van der Waals surface area contributed by atoms with Crippen molar-refractivity contribution < 1.29 is 14.6 Å². The molecule has 0 spiro atoms. The van der Waals surface area contributed by atoms with Gasteiger partial charge < -0.3 is 15.6 Å². The highest BCUT2D eigenvalue weighted by atomic mass is 16.5. The number of ether oxygens (including phenoxy) is 1. The molecular formula is C10H14N2O3. The van der Waals surface area contributed by atoms with Crippen LogP contribution in [0.3, 0.4) is 0 Å². The van der Waals surface area contributed by atoms with Gasteiger partial charge in [-0.15, -0.1) is 0 Å². The van der Waals surface area contributed by atoms with Crippen molar-refractivity contribution in [2.75, 3.05) is 0 Å². The van der Waals surface area contributed by atoms with Crippen LogP contribution in [0.2, 0.25) is 0 Å². The standard InChI is InChI=1S/C10H14N2O3/c1-6(11)9(12)15-8-4-2-3-7(5-8)10(13)14/h2-6,9H,11-12H2,1H3,(H,13,14). The average molecular weight is 210 g/mol. The van der Waals surface area contributed by atoms with Crippen LogP contribution in [0.5, 0.6) is 5.75 Å². The summed E-state index contributed by atoms with van der Waals surface area (Å²) in [6, 6.07) is 5.79. The van der Waals surface area contributed by atoms with E-state index in [0.717, 1.165) is 0 Å². The van der Waals surface area contributed by atoms with Gasteiger partial charge in [0.1, 0.15) is 5.75 Å². The van der Waals surface area contributed by atoms with E-state index in [1.807, 2.05) is 0 Å². The number of rotatable bonds is 4. The molecule has 0 aliphatic rings. The number of carboxylic acids is 1. The first kappa shape index (κ1) is 11.5. The molecule has 0 saturated carbocycles. The third-order valence-corrected chi connectivity index (χ3v) is 1.87. The number of carbonyl (C=O) groups is 1. The van der Waals surface area contributed by atoms with E-state index in [1.54, 1.807) is 19.1 Å². The van der Waals surface area contributed by atoms with Crippen molar-refractivity contribution in [2.45, 2.75) is 19.2 Å². The van der Waals surface area contributed by atoms with Crippen LogP contribution in [0.15, 0.2) is 24.3 Å². The second-order valence-corrected chi connectivity index (χ2v) is 3.27. The molecule has 0 fully saturated rings. The third kappa shape index (κ3) is 3.23. The fourth-order valence-electron chi connectivity index (χ4n) is 0.967. The van der Waals surface area contributed by atoms with E-state index < -0.39 is 12.2 Å². The lowest BCUT2D eigenvalue weighted by Crippen LogP contribution is -2.43. The van der Waals surface area contributed by atoms with Crippen LogP contribution in [0.4, 0.5) is 0 Å². The molecule has 5 N–H and O–H groups in total. The van der Waals surface area contributed by atoms with Gasteiger partial charge in [0.15, 0.2) is 6.23 Å². The Balaban J connectivity index is 2.78. The minimum absolute atomic E-state index is 0.157. The normalized spacial score (nSPS) is 14.3. The Morgan fingerprint density at radius 1 is 1.47 bits per heavy atom. The molecule has 82 valence electrons. The van der Waals surface area contributed by atoms with Crippen molar-refractivity contribution in [3.63, 3.8) is 0 Å². The van der Waals surface area contributed by atoms with Crippen LogP contribution >= 0.6 is 0 Å². The number of aromatic carboxylic acids is 1. The van der Waals surface area contributed by atoms with Crippen molar-refractivity contribution >= 4 is 5.97 Å². The van der Waals surface area contributed by atoms with E-state index in [4.69, 9.17) is 21.3 Å². The lowest BCUT2D eigenvalue weighted by molar-refractivity contribution is 0.0696. The molecule has 5 heteroatoms. The summed E-state index contributed by atoms with van der Waals surface area (Å²) in [6.45, 7) is 1.71. The van der Waals surface area contributed by atoms with Crippen LogP contribution in [0, 0.1) is 0 Å².